The highest BCUT2D eigenvalue weighted by atomic mass is 16.6. The summed E-state index contributed by atoms with van der Waals surface area (Å²) in [4.78, 5) is 27.2. The lowest BCUT2D eigenvalue weighted by Crippen LogP contribution is -2.50. The van der Waals surface area contributed by atoms with Gasteiger partial charge in [-0.2, -0.15) is 0 Å². The zero-order valence-electron chi connectivity index (χ0n) is 11.9. The van der Waals surface area contributed by atoms with Gasteiger partial charge in [0, 0.05) is 26.2 Å². The molecule has 0 bridgehead atoms. The van der Waals surface area contributed by atoms with Crippen molar-refractivity contribution < 1.29 is 19.1 Å². The highest BCUT2D eigenvalue weighted by Crippen LogP contribution is 2.07. The summed E-state index contributed by atoms with van der Waals surface area (Å²) in [5.74, 6) is -0.425. The molecule has 1 fully saturated rings. The van der Waals surface area contributed by atoms with E-state index in [2.05, 4.69) is 17.9 Å². The van der Waals surface area contributed by atoms with Crippen molar-refractivity contribution in [1.29, 1.82) is 0 Å². The lowest BCUT2D eigenvalue weighted by atomic mass is 10.2. The van der Waals surface area contributed by atoms with Gasteiger partial charge in [-0.1, -0.05) is 12.2 Å². The maximum Gasteiger partial charge on any atom is 0.336 e. The van der Waals surface area contributed by atoms with Gasteiger partial charge in [-0.05, 0) is 0 Å². The highest BCUT2D eigenvalue weighted by Gasteiger charge is 2.28. The van der Waals surface area contributed by atoms with Crippen LogP contribution in [0.25, 0.3) is 0 Å². The monoisotopic (exact) mass is 282 g/mol. The number of carbonyl (C=O) groups is 2. The SMILES string of the molecule is C=CCN(CC=C)C(=O)CN1CCOC(C(=O)OC)C1. The first kappa shape index (κ1) is 16.4. The summed E-state index contributed by atoms with van der Waals surface area (Å²) in [5.41, 5.74) is 0. The molecule has 1 unspecified atom stereocenters. The second-order valence-electron chi connectivity index (χ2n) is 4.49. The number of nitrogens with zero attached hydrogens (tertiary/aromatic N) is 2. The number of ether oxygens (including phenoxy) is 2. The van der Waals surface area contributed by atoms with Gasteiger partial charge in [0.25, 0.3) is 0 Å². The Balaban J connectivity index is 2.53. The fourth-order valence-electron chi connectivity index (χ4n) is 2.00. The van der Waals surface area contributed by atoms with Crippen molar-refractivity contribution >= 4 is 11.9 Å². The largest absolute Gasteiger partial charge is 0.467 e. The molecule has 112 valence electrons. The lowest BCUT2D eigenvalue weighted by Gasteiger charge is -2.32. The number of hydrogen-bond acceptors (Lipinski definition) is 5. The number of esters is 1. The van der Waals surface area contributed by atoms with Gasteiger partial charge >= 0.3 is 5.97 Å². The van der Waals surface area contributed by atoms with Crippen molar-refractivity contribution in [3.63, 3.8) is 0 Å². The standard InChI is InChI=1S/C14H22N2O4/c1-4-6-16(7-5-2)13(17)11-15-8-9-20-12(10-15)14(18)19-3/h4-5,12H,1-2,6-11H2,3H3. The molecule has 0 aliphatic carbocycles. The van der Waals surface area contributed by atoms with Crippen LogP contribution in [0.1, 0.15) is 0 Å². The molecule has 6 nitrogen and oxygen atoms in total. The number of carbonyl (C=O) groups excluding carboxylic acids is 2. The quantitative estimate of drug-likeness (QED) is 0.488. The first-order chi connectivity index (χ1) is 9.62. The van der Waals surface area contributed by atoms with Crippen LogP contribution in [0.5, 0.6) is 0 Å². The second-order valence-corrected chi connectivity index (χ2v) is 4.49. The minimum atomic E-state index is -0.617. The summed E-state index contributed by atoms with van der Waals surface area (Å²) < 4.78 is 9.98. The Morgan fingerprint density at radius 2 is 2.05 bits per heavy atom. The van der Waals surface area contributed by atoms with E-state index in [9.17, 15) is 9.59 Å². The number of methoxy groups -OCH3 is 1. The van der Waals surface area contributed by atoms with Gasteiger partial charge in [0.05, 0.1) is 20.3 Å². The molecule has 1 aliphatic rings. The first-order valence-electron chi connectivity index (χ1n) is 6.53. The molecular formula is C14H22N2O4. The lowest BCUT2D eigenvalue weighted by molar-refractivity contribution is -0.160. The number of morpholine rings is 1. The molecule has 1 heterocycles. The molecule has 0 N–H and O–H groups in total. The van der Waals surface area contributed by atoms with Crippen LogP contribution < -0.4 is 0 Å². The molecule has 20 heavy (non-hydrogen) atoms. The van der Waals surface area contributed by atoms with Crippen LogP contribution in [0.15, 0.2) is 25.3 Å². The Morgan fingerprint density at radius 1 is 1.40 bits per heavy atom. The van der Waals surface area contributed by atoms with Crippen molar-refractivity contribution in [2.24, 2.45) is 0 Å². The predicted molar refractivity (Wildman–Crippen MR) is 75.2 cm³/mol. The smallest absolute Gasteiger partial charge is 0.336 e. The van der Waals surface area contributed by atoms with Gasteiger partial charge in [-0.25, -0.2) is 4.79 Å². The van der Waals surface area contributed by atoms with Gasteiger partial charge in [-0.3, -0.25) is 9.69 Å². The molecule has 1 aliphatic heterocycles. The third-order valence-electron chi connectivity index (χ3n) is 3.03. The molecular weight excluding hydrogens is 260 g/mol. The van der Waals surface area contributed by atoms with Crippen LogP contribution in [0, 0.1) is 0 Å². The van der Waals surface area contributed by atoms with Crippen LogP contribution in [0.4, 0.5) is 0 Å². The summed E-state index contributed by atoms with van der Waals surface area (Å²) in [7, 11) is 1.33. The topological polar surface area (TPSA) is 59.1 Å². The van der Waals surface area contributed by atoms with E-state index in [1.807, 2.05) is 4.90 Å². The van der Waals surface area contributed by atoms with Crippen molar-refractivity contribution in [3.8, 4) is 0 Å². The van der Waals surface area contributed by atoms with E-state index in [0.29, 0.717) is 32.8 Å². The Hall–Kier alpha value is -1.66. The Bertz CT molecular complexity index is 360. The highest BCUT2D eigenvalue weighted by molar-refractivity contribution is 5.79. The van der Waals surface area contributed by atoms with E-state index in [4.69, 9.17) is 4.74 Å². The van der Waals surface area contributed by atoms with Crippen molar-refractivity contribution in [2.75, 3.05) is 46.4 Å². The molecule has 0 aromatic carbocycles. The number of rotatable bonds is 7. The summed E-state index contributed by atoms with van der Waals surface area (Å²) in [6.45, 7) is 9.89. The molecule has 0 aromatic heterocycles. The van der Waals surface area contributed by atoms with E-state index >= 15 is 0 Å². The molecule has 1 amide bonds. The molecule has 1 saturated heterocycles. The molecule has 0 aromatic rings. The van der Waals surface area contributed by atoms with Crippen molar-refractivity contribution in [1.82, 2.24) is 9.80 Å². The van der Waals surface area contributed by atoms with Crippen LogP contribution in [-0.2, 0) is 19.1 Å². The summed E-state index contributed by atoms with van der Waals surface area (Å²) in [5, 5.41) is 0. The third-order valence-corrected chi connectivity index (χ3v) is 3.03. The number of hydrogen-bond donors (Lipinski definition) is 0. The Morgan fingerprint density at radius 3 is 2.60 bits per heavy atom. The average Bonchev–Trinajstić information content (AvgIpc) is 2.46. The van der Waals surface area contributed by atoms with E-state index in [1.54, 1.807) is 17.1 Å². The molecule has 6 heteroatoms. The summed E-state index contributed by atoms with van der Waals surface area (Å²) in [6.07, 6.45) is 2.74. The van der Waals surface area contributed by atoms with Crippen LogP contribution in [0.2, 0.25) is 0 Å². The van der Waals surface area contributed by atoms with Crippen LogP contribution in [0.3, 0.4) is 0 Å². The number of amides is 1. The summed E-state index contributed by atoms with van der Waals surface area (Å²) in [6, 6.07) is 0. The fourth-order valence-corrected chi connectivity index (χ4v) is 2.00. The molecule has 0 saturated carbocycles. The third kappa shape index (κ3) is 4.79. The van der Waals surface area contributed by atoms with Crippen molar-refractivity contribution in [2.45, 2.75) is 6.10 Å². The molecule has 0 radical (unpaired) electrons. The van der Waals surface area contributed by atoms with E-state index in [0.717, 1.165) is 0 Å². The van der Waals surface area contributed by atoms with Gasteiger partial charge in [0.2, 0.25) is 5.91 Å². The first-order valence-corrected chi connectivity index (χ1v) is 6.53. The molecule has 1 rings (SSSR count). The molecule has 0 spiro atoms. The molecule has 1 atom stereocenters. The maximum absolute atomic E-state index is 12.2. The maximum atomic E-state index is 12.2. The Kier molecular flexibility index (Phi) is 6.97. The van der Waals surface area contributed by atoms with E-state index in [-0.39, 0.29) is 12.5 Å². The van der Waals surface area contributed by atoms with Gasteiger partial charge in [0.15, 0.2) is 6.10 Å². The zero-order valence-corrected chi connectivity index (χ0v) is 11.9. The van der Waals surface area contributed by atoms with Crippen molar-refractivity contribution in [3.05, 3.63) is 25.3 Å². The second kappa shape index (κ2) is 8.50. The summed E-state index contributed by atoms with van der Waals surface area (Å²) >= 11 is 0. The van der Waals surface area contributed by atoms with Gasteiger partial charge in [-0.15, -0.1) is 13.2 Å². The van der Waals surface area contributed by atoms with Crippen LogP contribution in [-0.4, -0.2) is 74.2 Å². The van der Waals surface area contributed by atoms with Crippen LogP contribution >= 0.6 is 0 Å². The Labute approximate surface area is 119 Å². The van der Waals surface area contributed by atoms with Gasteiger partial charge < -0.3 is 14.4 Å². The minimum absolute atomic E-state index is 0.0182. The van der Waals surface area contributed by atoms with Gasteiger partial charge in [0.1, 0.15) is 0 Å². The average molecular weight is 282 g/mol. The van der Waals surface area contributed by atoms with E-state index < -0.39 is 12.1 Å². The van der Waals surface area contributed by atoms with E-state index in [1.165, 1.54) is 7.11 Å². The predicted octanol–water partition coefficient (Wildman–Crippen LogP) is 0.0608. The zero-order chi connectivity index (χ0) is 15.0. The normalized spacial score (nSPS) is 19.1. The fraction of sp³-hybridized carbons (Fsp3) is 0.571. The minimum Gasteiger partial charge on any atom is -0.467 e.